The predicted octanol–water partition coefficient (Wildman–Crippen LogP) is 1.58. The molecule has 1 aromatic heterocycles. The third-order valence-corrected chi connectivity index (χ3v) is 3.79. The number of aromatic nitrogens is 2. The van der Waals surface area contributed by atoms with E-state index in [0.717, 1.165) is 37.6 Å². The number of aryl methyl sites for hydroxylation is 1. The van der Waals surface area contributed by atoms with E-state index < -0.39 is 0 Å². The topological polar surface area (TPSA) is 68.2 Å². The summed E-state index contributed by atoms with van der Waals surface area (Å²) in [6.45, 7) is 6.95. The Hall–Kier alpha value is -0.940. The molecule has 0 radical (unpaired) electrons. The van der Waals surface area contributed by atoms with Crippen LogP contribution in [0.2, 0.25) is 0 Å². The van der Waals surface area contributed by atoms with E-state index in [-0.39, 0.29) is 0 Å². The van der Waals surface area contributed by atoms with E-state index in [0.29, 0.717) is 18.5 Å². The lowest BCUT2D eigenvalue weighted by Crippen LogP contribution is -2.48. The molecule has 2 unspecified atom stereocenters. The molecular weight excluding hydrogens is 228 g/mol. The van der Waals surface area contributed by atoms with Crippen LogP contribution in [0.4, 0.5) is 0 Å². The van der Waals surface area contributed by atoms with Gasteiger partial charge >= 0.3 is 0 Å². The van der Waals surface area contributed by atoms with Gasteiger partial charge in [0.05, 0.1) is 6.54 Å². The number of likely N-dealkylation sites (tertiary alicyclic amines) is 1. The lowest BCUT2D eigenvalue weighted by atomic mass is 9.91. The van der Waals surface area contributed by atoms with Crippen LogP contribution in [0.25, 0.3) is 0 Å². The molecule has 1 aromatic rings. The fourth-order valence-corrected chi connectivity index (χ4v) is 2.76. The van der Waals surface area contributed by atoms with Crippen molar-refractivity contribution in [2.24, 2.45) is 11.7 Å². The molecule has 5 nitrogen and oxygen atoms in total. The van der Waals surface area contributed by atoms with Gasteiger partial charge in [-0.15, -0.1) is 0 Å². The number of rotatable bonds is 5. The molecule has 102 valence electrons. The molecular formula is C13H24N4O. The third kappa shape index (κ3) is 3.09. The minimum atomic E-state index is 0.451. The summed E-state index contributed by atoms with van der Waals surface area (Å²) in [6.07, 6.45) is 4.40. The molecule has 1 aliphatic rings. The van der Waals surface area contributed by atoms with Gasteiger partial charge in [-0.3, -0.25) is 4.90 Å². The van der Waals surface area contributed by atoms with E-state index in [4.69, 9.17) is 10.3 Å². The first-order chi connectivity index (χ1) is 8.74. The van der Waals surface area contributed by atoms with Gasteiger partial charge in [0.1, 0.15) is 0 Å². The van der Waals surface area contributed by atoms with Crippen molar-refractivity contribution in [3.8, 4) is 0 Å². The Morgan fingerprint density at radius 3 is 3.06 bits per heavy atom. The third-order valence-electron chi connectivity index (χ3n) is 3.79. The number of nitrogens with two attached hydrogens (primary N) is 1. The largest absolute Gasteiger partial charge is 0.339 e. The monoisotopic (exact) mass is 252 g/mol. The van der Waals surface area contributed by atoms with Gasteiger partial charge in [0.2, 0.25) is 5.89 Å². The van der Waals surface area contributed by atoms with E-state index >= 15 is 0 Å². The Kier molecular flexibility index (Phi) is 4.72. The van der Waals surface area contributed by atoms with E-state index in [1.165, 1.54) is 12.8 Å². The quantitative estimate of drug-likeness (QED) is 0.861. The van der Waals surface area contributed by atoms with Crippen molar-refractivity contribution < 1.29 is 4.52 Å². The van der Waals surface area contributed by atoms with E-state index in [1.807, 2.05) is 0 Å². The fourth-order valence-electron chi connectivity index (χ4n) is 2.76. The highest BCUT2D eigenvalue weighted by Crippen LogP contribution is 2.23. The van der Waals surface area contributed by atoms with Crippen molar-refractivity contribution in [3.05, 3.63) is 11.7 Å². The molecule has 0 amide bonds. The van der Waals surface area contributed by atoms with Gasteiger partial charge in [0.15, 0.2) is 5.82 Å². The Morgan fingerprint density at radius 1 is 1.50 bits per heavy atom. The van der Waals surface area contributed by atoms with Crippen LogP contribution in [0, 0.1) is 5.92 Å². The van der Waals surface area contributed by atoms with E-state index in [1.54, 1.807) is 0 Å². The molecule has 0 saturated carbocycles. The van der Waals surface area contributed by atoms with Crippen LogP contribution >= 0.6 is 0 Å². The minimum absolute atomic E-state index is 0.451. The Bertz CT molecular complexity index is 366. The molecule has 2 N–H and O–H groups in total. The highest BCUT2D eigenvalue weighted by atomic mass is 16.5. The minimum Gasteiger partial charge on any atom is -0.339 e. The smallest absolute Gasteiger partial charge is 0.226 e. The summed E-state index contributed by atoms with van der Waals surface area (Å²) >= 11 is 0. The first kappa shape index (κ1) is 13.5. The molecule has 5 heteroatoms. The molecule has 1 fully saturated rings. The van der Waals surface area contributed by atoms with Gasteiger partial charge in [-0.05, 0) is 31.7 Å². The van der Waals surface area contributed by atoms with Crippen LogP contribution in [0.3, 0.4) is 0 Å². The van der Waals surface area contributed by atoms with Crippen molar-refractivity contribution in [2.45, 2.75) is 52.1 Å². The van der Waals surface area contributed by atoms with Crippen LogP contribution < -0.4 is 5.73 Å². The summed E-state index contributed by atoms with van der Waals surface area (Å²) in [6, 6.07) is 0.451. The molecule has 2 atom stereocenters. The van der Waals surface area contributed by atoms with Crippen molar-refractivity contribution in [1.82, 2.24) is 15.0 Å². The maximum absolute atomic E-state index is 5.88. The summed E-state index contributed by atoms with van der Waals surface area (Å²) in [7, 11) is 0. The predicted molar refractivity (Wildman–Crippen MR) is 69.9 cm³/mol. The summed E-state index contributed by atoms with van der Waals surface area (Å²) in [5, 5.41) is 4.05. The second kappa shape index (κ2) is 6.29. The highest BCUT2D eigenvalue weighted by molar-refractivity contribution is 4.90. The summed E-state index contributed by atoms with van der Waals surface area (Å²) in [4.78, 5) is 6.83. The van der Waals surface area contributed by atoms with Gasteiger partial charge in [-0.1, -0.05) is 19.0 Å². The molecule has 2 heterocycles. The standard InChI is InChI=1S/C13H24N4O/c1-3-5-13-15-12(16-18-13)9-17-7-4-6-10(2)11(17)8-14/h10-11H,3-9,14H2,1-2H3. The number of hydrogen-bond acceptors (Lipinski definition) is 5. The van der Waals surface area contributed by atoms with Crippen molar-refractivity contribution >= 4 is 0 Å². The zero-order valence-corrected chi connectivity index (χ0v) is 11.4. The number of hydrogen-bond donors (Lipinski definition) is 1. The van der Waals surface area contributed by atoms with E-state index in [2.05, 4.69) is 28.9 Å². The maximum atomic E-state index is 5.88. The van der Waals surface area contributed by atoms with Crippen LogP contribution in [-0.4, -0.2) is 34.2 Å². The number of nitrogens with zero attached hydrogens (tertiary/aromatic N) is 3. The number of piperidine rings is 1. The van der Waals surface area contributed by atoms with Crippen LogP contribution in [0.15, 0.2) is 4.52 Å². The fraction of sp³-hybridized carbons (Fsp3) is 0.846. The molecule has 0 bridgehead atoms. The summed E-state index contributed by atoms with van der Waals surface area (Å²) < 4.78 is 5.22. The maximum Gasteiger partial charge on any atom is 0.226 e. The second-order valence-electron chi connectivity index (χ2n) is 5.25. The average Bonchev–Trinajstić information content (AvgIpc) is 2.77. The SMILES string of the molecule is CCCc1nc(CN2CCCC(C)C2CN)no1. The molecule has 0 aliphatic carbocycles. The van der Waals surface area contributed by atoms with Gasteiger partial charge in [-0.2, -0.15) is 4.98 Å². The first-order valence-electron chi connectivity index (χ1n) is 7.00. The zero-order chi connectivity index (χ0) is 13.0. The summed E-state index contributed by atoms with van der Waals surface area (Å²) in [5.74, 6) is 2.21. The van der Waals surface area contributed by atoms with Gasteiger partial charge in [0.25, 0.3) is 0 Å². The Balaban J connectivity index is 1.97. The van der Waals surface area contributed by atoms with Crippen molar-refractivity contribution in [1.29, 1.82) is 0 Å². The van der Waals surface area contributed by atoms with E-state index in [9.17, 15) is 0 Å². The van der Waals surface area contributed by atoms with Crippen LogP contribution in [-0.2, 0) is 13.0 Å². The second-order valence-corrected chi connectivity index (χ2v) is 5.25. The first-order valence-corrected chi connectivity index (χ1v) is 7.00. The average molecular weight is 252 g/mol. The van der Waals surface area contributed by atoms with Gasteiger partial charge < -0.3 is 10.3 Å². The Labute approximate surface area is 109 Å². The molecule has 1 aliphatic heterocycles. The Morgan fingerprint density at radius 2 is 2.33 bits per heavy atom. The van der Waals surface area contributed by atoms with Crippen LogP contribution in [0.1, 0.15) is 44.8 Å². The molecule has 18 heavy (non-hydrogen) atoms. The van der Waals surface area contributed by atoms with Gasteiger partial charge in [-0.25, -0.2) is 0 Å². The molecule has 1 saturated heterocycles. The zero-order valence-electron chi connectivity index (χ0n) is 11.4. The lowest BCUT2D eigenvalue weighted by molar-refractivity contribution is 0.0955. The lowest BCUT2D eigenvalue weighted by Gasteiger charge is -2.38. The molecule has 0 aromatic carbocycles. The molecule has 0 spiro atoms. The van der Waals surface area contributed by atoms with Crippen molar-refractivity contribution in [3.63, 3.8) is 0 Å². The van der Waals surface area contributed by atoms with Crippen LogP contribution in [0.5, 0.6) is 0 Å². The summed E-state index contributed by atoms with van der Waals surface area (Å²) in [5.41, 5.74) is 5.88. The highest BCUT2D eigenvalue weighted by Gasteiger charge is 2.28. The molecule has 2 rings (SSSR count). The van der Waals surface area contributed by atoms with Crippen molar-refractivity contribution in [2.75, 3.05) is 13.1 Å². The normalized spacial score (nSPS) is 25.5. The van der Waals surface area contributed by atoms with Gasteiger partial charge in [0, 0.05) is 19.0 Å².